The van der Waals surface area contributed by atoms with Crippen LogP contribution >= 0.6 is 0 Å². The molecule has 4 aliphatic heterocycles. The largest absolute Gasteiger partial charge is 0.394 e. The van der Waals surface area contributed by atoms with Crippen LogP contribution in [0.25, 0.3) is 0 Å². The van der Waals surface area contributed by atoms with E-state index in [1.807, 2.05) is 0 Å². The number of hydrogen-bond acceptors (Lipinski definition) is 20. The normalized spacial score (nSPS) is 51.0. The Kier molecular flexibility index (Phi) is 13.2. The topological polar surface area (TPSA) is 336 Å². The molecular formula is C26H45NO20. The quantitative estimate of drug-likeness (QED) is 0.101. The molecule has 0 radical (unpaired) electrons. The second-order valence-corrected chi connectivity index (χ2v) is 11.9. The maximum absolute atomic E-state index is 12.1. The third-order valence-electron chi connectivity index (χ3n) is 8.57. The second-order valence-electron chi connectivity index (χ2n) is 11.9. The van der Waals surface area contributed by atoms with Crippen molar-refractivity contribution in [2.45, 2.75) is 137 Å². The highest BCUT2D eigenvalue weighted by Gasteiger charge is 2.55. The van der Waals surface area contributed by atoms with Gasteiger partial charge in [-0.05, 0) is 6.92 Å². The van der Waals surface area contributed by atoms with E-state index in [2.05, 4.69) is 5.32 Å². The van der Waals surface area contributed by atoms with E-state index in [0.717, 1.165) is 6.92 Å². The molecule has 21 heteroatoms. The summed E-state index contributed by atoms with van der Waals surface area (Å²) in [6.07, 6.45) is -32.2. The molecule has 0 bridgehead atoms. The molecule has 4 fully saturated rings. The van der Waals surface area contributed by atoms with Crippen molar-refractivity contribution in [3.05, 3.63) is 0 Å². The average molecular weight is 692 g/mol. The SMILES string of the molecule is CC(=O)N[C@H]1[C@H](O[C@H]2[C@@H](O)[C@H](O)[C@@H](CO)O[C@H]2O)O[C@H](CO)[C@@H](O[C@@H]2O[C@H](CO)[C@H](O)[C@H](O)[C@H]2O[C@@H]2O[C@@H](C)[C@@H](O)[C@@H](O)[C@@H]2O)[C@@H]1O. The van der Waals surface area contributed by atoms with Crippen molar-refractivity contribution < 1.29 is 99.2 Å². The van der Waals surface area contributed by atoms with Gasteiger partial charge in [0, 0.05) is 6.92 Å². The van der Waals surface area contributed by atoms with Gasteiger partial charge in [-0.3, -0.25) is 4.79 Å². The summed E-state index contributed by atoms with van der Waals surface area (Å²) in [5.74, 6) is -0.735. The molecule has 0 aromatic carbocycles. The van der Waals surface area contributed by atoms with E-state index < -0.39 is 148 Å². The molecule has 4 rings (SSSR count). The van der Waals surface area contributed by atoms with Crippen LogP contribution in [0.1, 0.15) is 13.8 Å². The van der Waals surface area contributed by atoms with Crippen molar-refractivity contribution in [2.75, 3.05) is 19.8 Å². The van der Waals surface area contributed by atoms with Crippen molar-refractivity contribution in [1.82, 2.24) is 5.32 Å². The third-order valence-corrected chi connectivity index (χ3v) is 8.57. The van der Waals surface area contributed by atoms with Gasteiger partial charge in [-0.2, -0.15) is 0 Å². The van der Waals surface area contributed by atoms with Crippen LogP contribution in [0.3, 0.4) is 0 Å². The fourth-order valence-electron chi connectivity index (χ4n) is 5.86. The fourth-order valence-corrected chi connectivity index (χ4v) is 5.86. The van der Waals surface area contributed by atoms with Gasteiger partial charge in [0.05, 0.1) is 25.9 Å². The maximum Gasteiger partial charge on any atom is 0.217 e. The van der Waals surface area contributed by atoms with E-state index >= 15 is 0 Å². The Balaban J connectivity index is 1.58. The number of rotatable bonds is 10. The number of carbonyl (C=O) groups excluding carboxylic acids is 1. The van der Waals surface area contributed by atoms with Crippen molar-refractivity contribution in [3.8, 4) is 0 Å². The second kappa shape index (κ2) is 16.2. The lowest BCUT2D eigenvalue weighted by Crippen LogP contribution is -2.69. The van der Waals surface area contributed by atoms with Gasteiger partial charge in [0.15, 0.2) is 25.2 Å². The van der Waals surface area contributed by atoms with E-state index in [4.69, 9.17) is 33.2 Å². The minimum absolute atomic E-state index is 0.735. The molecule has 0 spiro atoms. The summed E-state index contributed by atoms with van der Waals surface area (Å²) in [4.78, 5) is 12.1. The van der Waals surface area contributed by atoms with Gasteiger partial charge in [-0.15, -0.1) is 0 Å². The zero-order chi connectivity index (χ0) is 34.9. The Hall–Kier alpha value is -1.29. The number of aliphatic hydroxyl groups is 12. The Morgan fingerprint density at radius 1 is 0.553 bits per heavy atom. The first-order chi connectivity index (χ1) is 22.1. The smallest absolute Gasteiger partial charge is 0.217 e. The molecule has 0 aromatic heterocycles. The van der Waals surface area contributed by atoms with Crippen molar-refractivity contribution in [3.63, 3.8) is 0 Å². The standard InChI is InChI=1S/C26H45NO20/c1-6-12(32)16(36)19(39)25(41-6)47-22-18(38)14(34)9(4-29)43-26(22)45-20-10(5-30)44-24(11(15(20)35)27-7(2)31)46-21-17(37)13(33)8(3-28)42-23(21)40/h6,8-26,28-30,32-40H,3-5H2,1-2H3,(H,27,31)/t6-,8+,9+,10+,11+,12+,13+,14-,15+,16+,17-,18-,19-,20+,21-,22+,23+,24-,25-,26-/m0/s1. The number of aliphatic hydroxyl groups excluding tert-OH is 12. The summed E-state index contributed by atoms with van der Waals surface area (Å²) in [5, 5.41) is 126. The lowest BCUT2D eigenvalue weighted by molar-refractivity contribution is -0.388. The summed E-state index contributed by atoms with van der Waals surface area (Å²) in [5.41, 5.74) is 0. The molecule has 274 valence electrons. The molecule has 0 saturated carbocycles. The van der Waals surface area contributed by atoms with Crippen molar-refractivity contribution >= 4 is 5.91 Å². The fraction of sp³-hybridized carbons (Fsp3) is 0.962. The molecule has 1 amide bonds. The summed E-state index contributed by atoms with van der Waals surface area (Å²) in [7, 11) is 0. The highest BCUT2D eigenvalue weighted by molar-refractivity contribution is 5.73. The molecular weight excluding hydrogens is 646 g/mol. The molecule has 0 aromatic rings. The number of nitrogens with one attached hydrogen (secondary N) is 1. The summed E-state index contributed by atoms with van der Waals surface area (Å²) < 4.78 is 39.0. The summed E-state index contributed by atoms with van der Waals surface area (Å²) >= 11 is 0. The van der Waals surface area contributed by atoms with E-state index in [0.29, 0.717) is 0 Å². The monoisotopic (exact) mass is 691 g/mol. The van der Waals surface area contributed by atoms with E-state index in [1.54, 1.807) is 0 Å². The van der Waals surface area contributed by atoms with Crippen LogP contribution in [0, 0.1) is 0 Å². The van der Waals surface area contributed by atoms with Gasteiger partial charge in [-0.25, -0.2) is 0 Å². The van der Waals surface area contributed by atoms with Gasteiger partial charge in [0.1, 0.15) is 91.5 Å². The van der Waals surface area contributed by atoms with Gasteiger partial charge in [-0.1, -0.05) is 0 Å². The molecule has 4 heterocycles. The highest BCUT2D eigenvalue weighted by Crippen LogP contribution is 2.34. The van der Waals surface area contributed by atoms with Gasteiger partial charge < -0.3 is 99.8 Å². The van der Waals surface area contributed by atoms with E-state index in [1.165, 1.54) is 6.92 Å². The number of ether oxygens (including phenoxy) is 7. The van der Waals surface area contributed by atoms with Crippen LogP contribution in [0.15, 0.2) is 0 Å². The summed E-state index contributed by atoms with van der Waals surface area (Å²) in [6, 6.07) is -1.58. The minimum atomic E-state index is -1.93. The van der Waals surface area contributed by atoms with Crippen LogP contribution in [0.4, 0.5) is 0 Å². The summed E-state index contributed by atoms with van der Waals surface area (Å²) in [6.45, 7) is -0.0794. The van der Waals surface area contributed by atoms with Crippen LogP contribution in [-0.4, -0.2) is 210 Å². The first-order valence-corrected chi connectivity index (χ1v) is 15.0. The van der Waals surface area contributed by atoms with Gasteiger partial charge in [0.25, 0.3) is 0 Å². The first-order valence-electron chi connectivity index (χ1n) is 15.0. The molecule has 4 saturated heterocycles. The molecule has 4 aliphatic rings. The Morgan fingerprint density at radius 2 is 1.06 bits per heavy atom. The number of carbonyl (C=O) groups is 1. The van der Waals surface area contributed by atoms with E-state index in [9.17, 15) is 66.1 Å². The van der Waals surface area contributed by atoms with Crippen LogP contribution in [0.5, 0.6) is 0 Å². The molecule has 20 atom stereocenters. The minimum Gasteiger partial charge on any atom is -0.394 e. The van der Waals surface area contributed by atoms with Crippen molar-refractivity contribution in [2.24, 2.45) is 0 Å². The third kappa shape index (κ3) is 8.04. The molecule has 13 N–H and O–H groups in total. The zero-order valence-electron chi connectivity index (χ0n) is 25.3. The van der Waals surface area contributed by atoms with Gasteiger partial charge in [0.2, 0.25) is 5.91 Å². The molecule has 21 nitrogen and oxygen atoms in total. The maximum atomic E-state index is 12.1. The number of amides is 1. The van der Waals surface area contributed by atoms with E-state index in [-0.39, 0.29) is 0 Å². The zero-order valence-corrected chi connectivity index (χ0v) is 25.3. The highest BCUT2D eigenvalue weighted by atomic mass is 16.8. The van der Waals surface area contributed by atoms with Crippen LogP contribution < -0.4 is 5.32 Å². The molecule has 47 heavy (non-hydrogen) atoms. The van der Waals surface area contributed by atoms with Gasteiger partial charge >= 0.3 is 0 Å². The predicted octanol–water partition coefficient (Wildman–Crippen LogP) is -8.58. The Labute approximate surface area is 267 Å². The molecule has 0 aliphatic carbocycles. The lowest BCUT2D eigenvalue weighted by Gasteiger charge is -2.50. The lowest BCUT2D eigenvalue weighted by atomic mass is 9.94. The predicted molar refractivity (Wildman–Crippen MR) is 144 cm³/mol. The van der Waals surface area contributed by atoms with Crippen LogP contribution in [-0.2, 0) is 38.0 Å². The average Bonchev–Trinajstić information content (AvgIpc) is 3.04. The Morgan fingerprint density at radius 3 is 1.64 bits per heavy atom. The molecule has 0 unspecified atom stereocenters. The number of hydrogen-bond donors (Lipinski definition) is 13. The van der Waals surface area contributed by atoms with Crippen LogP contribution in [0.2, 0.25) is 0 Å². The first kappa shape index (κ1) is 38.5. The Bertz CT molecular complexity index is 1010. The van der Waals surface area contributed by atoms with Crippen molar-refractivity contribution in [1.29, 1.82) is 0 Å².